The quantitative estimate of drug-likeness (QED) is 0.648. The molecule has 0 aromatic carbocycles. The minimum atomic E-state index is -0.299. The highest BCUT2D eigenvalue weighted by atomic mass is 16.2. The lowest BCUT2D eigenvalue weighted by molar-refractivity contribution is -0.128. The van der Waals surface area contributed by atoms with Crippen molar-refractivity contribution in [3.05, 3.63) is 0 Å². The van der Waals surface area contributed by atoms with Crippen LogP contribution in [0.5, 0.6) is 0 Å². The van der Waals surface area contributed by atoms with Crippen molar-refractivity contribution in [1.82, 2.24) is 15.1 Å². The molecule has 0 aromatic rings. The molecule has 0 aliphatic carbocycles. The first-order valence-corrected chi connectivity index (χ1v) is 5.40. The first-order valence-electron chi connectivity index (χ1n) is 5.40. The molecule has 2 aliphatic rings. The van der Waals surface area contributed by atoms with Gasteiger partial charge in [0.2, 0.25) is 0 Å². The Morgan fingerprint density at radius 3 is 2.67 bits per heavy atom. The number of imide groups is 1. The average molecular weight is 211 g/mol. The van der Waals surface area contributed by atoms with Crippen LogP contribution in [0.15, 0.2) is 0 Å². The normalized spacial score (nSPS) is 31.9. The lowest BCUT2D eigenvalue weighted by Gasteiger charge is -2.17. The average Bonchev–Trinajstić information content (AvgIpc) is 2.79. The van der Waals surface area contributed by atoms with Gasteiger partial charge in [0.15, 0.2) is 0 Å². The number of hydrogen-bond donors (Lipinski definition) is 1. The summed E-state index contributed by atoms with van der Waals surface area (Å²) in [6.45, 7) is 4.24. The number of rotatable bonds is 2. The van der Waals surface area contributed by atoms with E-state index in [-0.39, 0.29) is 18.0 Å². The molecule has 5 heteroatoms. The number of amides is 3. The second-order valence-corrected chi connectivity index (χ2v) is 4.38. The second-order valence-electron chi connectivity index (χ2n) is 4.38. The monoisotopic (exact) mass is 211 g/mol. The van der Waals surface area contributed by atoms with Crippen LogP contribution in [0, 0.1) is 5.92 Å². The molecule has 5 nitrogen and oxygen atoms in total. The largest absolute Gasteiger partial charge is 0.327 e. The zero-order chi connectivity index (χ0) is 11.0. The predicted molar refractivity (Wildman–Crippen MR) is 55.3 cm³/mol. The highest BCUT2D eigenvalue weighted by Gasteiger charge is 2.41. The van der Waals surface area contributed by atoms with E-state index in [0.29, 0.717) is 12.5 Å². The summed E-state index contributed by atoms with van der Waals surface area (Å²) in [5.41, 5.74) is 0. The van der Waals surface area contributed by atoms with Crippen molar-refractivity contribution in [3.63, 3.8) is 0 Å². The van der Waals surface area contributed by atoms with Crippen LogP contribution in [0.4, 0.5) is 4.79 Å². The van der Waals surface area contributed by atoms with Crippen molar-refractivity contribution >= 4 is 11.9 Å². The van der Waals surface area contributed by atoms with Gasteiger partial charge < -0.3 is 10.2 Å². The Kier molecular flexibility index (Phi) is 2.65. The summed E-state index contributed by atoms with van der Waals surface area (Å²) in [5, 5.41) is 3.24. The van der Waals surface area contributed by atoms with Crippen LogP contribution in [0.2, 0.25) is 0 Å². The molecule has 2 atom stereocenters. The van der Waals surface area contributed by atoms with Gasteiger partial charge in [-0.3, -0.25) is 9.69 Å². The van der Waals surface area contributed by atoms with Crippen LogP contribution in [-0.4, -0.2) is 54.5 Å². The highest BCUT2D eigenvalue weighted by Crippen LogP contribution is 2.18. The molecule has 0 bridgehead atoms. The molecule has 0 saturated carbocycles. The van der Waals surface area contributed by atoms with Crippen molar-refractivity contribution in [2.75, 3.05) is 26.7 Å². The Labute approximate surface area is 89.4 Å². The van der Waals surface area contributed by atoms with Crippen LogP contribution in [0.25, 0.3) is 0 Å². The van der Waals surface area contributed by atoms with Crippen LogP contribution in [-0.2, 0) is 4.79 Å². The van der Waals surface area contributed by atoms with Crippen LogP contribution < -0.4 is 5.32 Å². The molecule has 2 fully saturated rings. The van der Waals surface area contributed by atoms with Crippen molar-refractivity contribution in [3.8, 4) is 0 Å². The van der Waals surface area contributed by atoms with Crippen molar-refractivity contribution in [1.29, 1.82) is 0 Å². The van der Waals surface area contributed by atoms with Gasteiger partial charge in [0.25, 0.3) is 5.91 Å². The second kappa shape index (κ2) is 3.81. The number of carbonyl (C=O) groups excluding carboxylic acids is 2. The lowest BCUT2D eigenvalue weighted by Crippen LogP contribution is -2.36. The Hall–Kier alpha value is -1.10. The molecule has 2 heterocycles. The van der Waals surface area contributed by atoms with E-state index in [4.69, 9.17) is 0 Å². The SMILES string of the molecule is CC1C(=O)N(CC2CCNC2)C(=O)N1C. The number of carbonyl (C=O) groups is 2. The Bertz CT molecular complexity index is 266. The summed E-state index contributed by atoms with van der Waals surface area (Å²) in [6.07, 6.45) is 1.05. The van der Waals surface area contributed by atoms with E-state index >= 15 is 0 Å². The van der Waals surface area contributed by atoms with E-state index in [9.17, 15) is 9.59 Å². The van der Waals surface area contributed by atoms with Crippen molar-refractivity contribution < 1.29 is 9.59 Å². The van der Waals surface area contributed by atoms with Crippen molar-refractivity contribution in [2.45, 2.75) is 19.4 Å². The molecule has 84 valence electrons. The third-order valence-electron chi connectivity index (χ3n) is 3.34. The maximum atomic E-state index is 11.8. The zero-order valence-electron chi connectivity index (χ0n) is 9.19. The van der Waals surface area contributed by atoms with E-state index in [1.165, 1.54) is 9.80 Å². The summed E-state index contributed by atoms with van der Waals surface area (Å²) in [7, 11) is 1.68. The van der Waals surface area contributed by atoms with E-state index in [1.807, 2.05) is 0 Å². The molecule has 2 saturated heterocycles. The molecular weight excluding hydrogens is 194 g/mol. The zero-order valence-corrected chi connectivity index (χ0v) is 9.19. The van der Waals surface area contributed by atoms with Gasteiger partial charge in [-0.25, -0.2) is 4.79 Å². The van der Waals surface area contributed by atoms with Gasteiger partial charge in [0, 0.05) is 13.6 Å². The highest BCUT2D eigenvalue weighted by molar-refractivity contribution is 6.03. The number of likely N-dealkylation sites (N-methyl/N-ethyl adjacent to an activating group) is 1. The van der Waals surface area contributed by atoms with Gasteiger partial charge in [-0.05, 0) is 32.4 Å². The first kappa shape index (κ1) is 10.4. The molecule has 0 radical (unpaired) electrons. The molecule has 0 aromatic heterocycles. The first-order chi connectivity index (χ1) is 7.11. The topological polar surface area (TPSA) is 52.7 Å². The third kappa shape index (κ3) is 1.71. The van der Waals surface area contributed by atoms with Gasteiger partial charge >= 0.3 is 6.03 Å². The maximum absolute atomic E-state index is 11.8. The number of nitrogens with zero attached hydrogens (tertiary/aromatic N) is 2. The van der Waals surface area contributed by atoms with Gasteiger partial charge in [0.05, 0.1) is 0 Å². The Morgan fingerprint density at radius 1 is 1.47 bits per heavy atom. The van der Waals surface area contributed by atoms with Gasteiger partial charge in [-0.15, -0.1) is 0 Å². The Balaban J connectivity index is 2.02. The molecule has 2 rings (SSSR count). The van der Waals surface area contributed by atoms with Gasteiger partial charge in [-0.1, -0.05) is 0 Å². The molecule has 3 amide bonds. The third-order valence-corrected chi connectivity index (χ3v) is 3.34. The van der Waals surface area contributed by atoms with E-state index < -0.39 is 0 Å². The number of hydrogen-bond acceptors (Lipinski definition) is 3. The Morgan fingerprint density at radius 2 is 2.20 bits per heavy atom. The molecule has 2 aliphatic heterocycles. The van der Waals surface area contributed by atoms with Gasteiger partial charge in [-0.2, -0.15) is 0 Å². The standard InChI is InChI=1S/C10H17N3O2/c1-7-9(14)13(10(15)12(7)2)6-8-3-4-11-5-8/h7-8,11H,3-6H2,1-2H3. The molecule has 15 heavy (non-hydrogen) atoms. The smallest absolute Gasteiger partial charge is 0.316 e. The summed E-state index contributed by atoms with van der Waals surface area (Å²) in [5.74, 6) is 0.367. The lowest BCUT2D eigenvalue weighted by atomic mass is 10.1. The maximum Gasteiger partial charge on any atom is 0.327 e. The fourth-order valence-corrected chi connectivity index (χ4v) is 2.14. The van der Waals surface area contributed by atoms with E-state index in [0.717, 1.165) is 19.5 Å². The van der Waals surface area contributed by atoms with Crippen molar-refractivity contribution in [2.24, 2.45) is 5.92 Å². The molecule has 2 unspecified atom stereocenters. The minimum Gasteiger partial charge on any atom is -0.316 e. The summed E-state index contributed by atoms with van der Waals surface area (Å²) in [4.78, 5) is 26.4. The minimum absolute atomic E-state index is 0.0607. The predicted octanol–water partition coefficient (Wildman–Crippen LogP) is -0.122. The summed E-state index contributed by atoms with van der Waals surface area (Å²) >= 11 is 0. The summed E-state index contributed by atoms with van der Waals surface area (Å²) in [6, 6.07) is -0.453. The van der Waals surface area contributed by atoms with Gasteiger partial charge in [0.1, 0.15) is 6.04 Å². The van der Waals surface area contributed by atoms with E-state index in [2.05, 4.69) is 5.32 Å². The van der Waals surface area contributed by atoms with Crippen LogP contribution >= 0.6 is 0 Å². The number of urea groups is 1. The molecular formula is C10H17N3O2. The van der Waals surface area contributed by atoms with Crippen LogP contribution in [0.1, 0.15) is 13.3 Å². The molecule has 0 spiro atoms. The summed E-state index contributed by atoms with van der Waals surface area (Å²) < 4.78 is 0. The van der Waals surface area contributed by atoms with E-state index in [1.54, 1.807) is 14.0 Å². The fourth-order valence-electron chi connectivity index (χ4n) is 2.14. The fraction of sp³-hybridized carbons (Fsp3) is 0.800. The van der Waals surface area contributed by atoms with Crippen LogP contribution in [0.3, 0.4) is 0 Å². The number of nitrogens with one attached hydrogen (secondary N) is 1. The molecule has 1 N–H and O–H groups in total.